The highest BCUT2D eigenvalue weighted by Crippen LogP contribution is 2.10. The minimum Gasteiger partial charge on any atom is -0.369 e. The summed E-state index contributed by atoms with van der Waals surface area (Å²) in [5.41, 5.74) is 1.13. The van der Waals surface area contributed by atoms with Crippen LogP contribution in [-0.2, 0) is 0 Å². The molecule has 3 heteroatoms. The van der Waals surface area contributed by atoms with Crippen LogP contribution in [0.1, 0.15) is 26.7 Å². The Kier molecular flexibility index (Phi) is 4.23. The maximum atomic E-state index is 4.02. The number of aromatic nitrogens is 2. The van der Waals surface area contributed by atoms with Crippen molar-refractivity contribution in [2.45, 2.75) is 26.7 Å². The lowest BCUT2D eigenvalue weighted by molar-refractivity contribution is 0.741. The fourth-order valence-electron chi connectivity index (χ4n) is 1.36. The third kappa shape index (κ3) is 3.01. The van der Waals surface area contributed by atoms with Crippen molar-refractivity contribution in [3.63, 3.8) is 0 Å². The number of hydrogen-bond donors (Lipinski definition) is 0. The lowest BCUT2D eigenvalue weighted by Gasteiger charge is -2.22. The molecule has 1 aromatic heterocycles. The minimum atomic E-state index is 1.08. The Morgan fingerprint density at radius 3 is 2.08 bits per heavy atom. The lowest BCUT2D eigenvalue weighted by Crippen LogP contribution is -2.24. The van der Waals surface area contributed by atoms with E-state index in [0.29, 0.717) is 0 Å². The van der Waals surface area contributed by atoms with Gasteiger partial charge in [0.15, 0.2) is 0 Å². The highest BCUT2D eigenvalue weighted by Gasteiger charge is 2.03. The average Bonchev–Trinajstić information content (AvgIpc) is 2.19. The first-order valence-corrected chi connectivity index (χ1v) is 4.88. The fourth-order valence-corrected chi connectivity index (χ4v) is 1.36. The molecule has 13 heavy (non-hydrogen) atoms. The summed E-state index contributed by atoms with van der Waals surface area (Å²) in [7, 11) is 0. The molecule has 0 spiro atoms. The van der Waals surface area contributed by atoms with Gasteiger partial charge in [-0.15, -0.1) is 0 Å². The van der Waals surface area contributed by atoms with Gasteiger partial charge in [0.2, 0.25) is 0 Å². The zero-order valence-electron chi connectivity index (χ0n) is 8.40. The largest absolute Gasteiger partial charge is 0.369 e. The van der Waals surface area contributed by atoms with Gasteiger partial charge in [-0.3, -0.25) is 0 Å². The smallest absolute Gasteiger partial charge is 0.115 e. The van der Waals surface area contributed by atoms with Gasteiger partial charge in [-0.1, -0.05) is 13.8 Å². The van der Waals surface area contributed by atoms with Crippen LogP contribution in [-0.4, -0.2) is 23.1 Å². The van der Waals surface area contributed by atoms with Crippen molar-refractivity contribution in [2.75, 3.05) is 18.0 Å². The molecule has 0 aliphatic carbocycles. The second kappa shape index (κ2) is 5.51. The Morgan fingerprint density at radius 2 is 1.62 bits per heavy atom. The summed E-state index contributed by atoms with van der Waals surface area (Å²) in [6, 6.07) is 0. The first-order valence-electron chi connectivity index (χ1n) is 4.88. The van der Waals surface area contributed by atoms with Crippen LogP contribution >= 0.6 is 0 Å². The summed E-state index contributed by atoms with van der Waals surface area (Å²) >= 11 is 0. The molecule has 1 aromatic rings. The predicted octanol–water partition coefficient (Wildman–Crippen LogP) is 2.10. The van der Waals surface area contributed by atoms with Crippen molar-refractivity contribution in [3.05, 3.63) is 18.7 Å². The van der Waals surface area contributed by atoms with Crippen LogP contribution in [0.3, 0.4) is 0 Å². The van der Waals surface area contributed by atoms with E-state index in [1.54, 1.807) is 6.33 Å². The number of anilines is 1. The molecule has 0 amide bonds. The zero-order valence-corrected chi connectivity index (χ0v) is 8.40. The quantitative estimate of drug-likeness (QED) is 0.693. The normalized spacial score (nSPS) is 10.0. The van der Waals surface area contributed by atoms with Crippen LogP contribution in [0.25, 0.3) is 0 Å². The SMILES string of the molecule is CCCN(CCC)c1cncnc1. The minimum absolute atomic E-state index is 1.08. The van der Waals surface area contributed by atoms with Crippen molar-refractivity contribution in [2.24, 2.45) is 0 Å². The molecule has 1 rings (SSSR count). The van der Waals surface area contributed by atoms with Gasteiger partial charge in [0.1, 0.15) is 6.33 Å². The summed E-state index contributed by atoms with van der Waals surface area (Å²) in [5.74, 6) is 0. The molecule has 0 bridgehead atoms. The van der Waals surface area contributed by atoms with Gasteiger partial charge in [-0.2, -0.15) is 0 Å². The van der Waals surface area contributed by atoms with Gasteiger partial charge in [0.05, 0.1) is 18.1 Å². The van der Waals surface area contributed by atoms with Crippen molar-refractivity contribution in [1.82, 2.24) is 9.97 Å². The first-order chi connectivity index (χ1) is 6.38. The van der Waals surface area contributed by atoms with Crippen LogP contribution in [0, 0.1) is 0 Å². The Balaban J connectivity index is 2.64. The van der Waals surface area contributed by atoms with Crippen LogP contribution in [0.5, 0.6) is 0 Å². The molecule has 0 aliphatic rings. The van der Waals surface area contributed by atoms with E-state index in [4.69, 9.17) is 0 Å². The Hall–Kier alpha value is -1.12. The van der Waals surface area contributed by atoms with E-state index in [0.717, 1.165) is 31.6 Å². The predicted molar refractivity (Wildman–Crippen MR) is 54.8 cm³/mol. The topological polar surface area (TPSA) is 29.0 Å². The van der Waals surface area contributed by atoms with E-state index in [2.05, 4.69) is 28.7 Å². The molecule has 72 valence electrons. The molecule has 0 radical (unpaired) electrons. The lowest BCUT2D eigenvalue weighted by atomic mass is 10.3. The van der Waals surface area contributed by atoms with Gasteiger partial charge >= 0.3 is 0 Å². The first kappa shape index (κ1) is 9.96. The molecule has 0 fully saturated rings. The molecule has 0 aliphatic heterocycles. The highest BCUT2D eigenvalue weighted by molar-refractivity contribution is 5.41. The number of hydrogen-bond acceptors (Lipinski definition) is 3. The molecule has 0 saturated heterocycles. The molecule has 0 N–H and O–H groups in total. The standard InChI is InChI=1S/C10H17N3/c1-3-5-13(6-4-2)10-7-11-9-12-8-10/h7-9H,3-6H2,1-2H3. The third-order valence-corrected chi connectivity index (χ3v) is 1.90. The molecular weight excluding hydrogens is 162 g/mol. The van der Waals surface area contributed by atoms with Crippen molar-refractivity contribution >= 4 is 5.69 Å². The van der Waals surface area contributed by atoms with Crippen LogP contribution < -0.4 is 4.90 Å². The molecule has 0 aromatic carbocycles. The van der Waals surface area contributed by atoms with Crippen molar-refractivity contribution < 1.29 is 0 Å². The van der Waals surface area contributed by atoms with Crippen molar-refractivity contribution in [3.8, 4) is 0 Å². The molecule has 0 saturated carbocycles. The molecule has 3 nitrogen and oxygen atoms in total. The summed E-state index contributed by atoms with van der Waals surface area (Å²) in [6.07, 6.45) is 7.64. The summed E-state index contributed by atoms with van der Waals surface area (Å²) in [6.45, 7) is 6.54. The van der Waals surface area contributed by atoms with Crippen LogP contribution in [0.4, 0.5) is 5.69 Å². The maximum Gasteiger partial charge on any atom is 0.115 e. The summed E-state index contributed by atoms with van der Waals surface area (Å²) < 4.78 is 0. The highest BCUT2D eigenvalue weighted by atomic mass is 15.1. The van der Waals surface area contributed by atoms with Crippen LogP contribution in [0.15, 0.2) is 18.7 Å². The van der Waals surface area contributed by atoms with E-state index in [9.17, 15) is 0 Å². The van der Waals surface area contributed by atoms with E-state index in [1.807, 2.05) is 12.4 Å². The van der Waals surface area contributed by atoms with E-state index in [1.165, 1.54) is 0 Å². The van der Waals surface area contributed by atoms with E-state index >= 15 is 0 Å². The van der Waals surface area contributed by atoms with Gasteiger partial charge < -0.3 is 4.90 Å². The van der Waals surface area contributed by atoms with Gasteiger partial charge in [0.25, 0.3) is 0 Å². The van der Waals surface area contributed by atoms with Gasteiger partial charge in [-0.25, -0.2) is 9.97 Å². The van der Waals surface area contributed by atoms with Crippen LogP contribution in [0.2, 0.25) is 0 Å². The monoisotopic (exact) mass is 179 g/mol. The van der Waals surface area contributed by atoms with E-state index < -0.39 is 0 Å². The third-order valence-electron chi connectivity index (χ3n) is 1.90. The fraction of sp³-hybridized carbons (Fsp3) is 0.600. The Labute approximate surface area is 79.8 Å². The Bertz CT molecular complexity index is 217. The number of rotatable bonds is 5. The second-order valence-corrected chi connectivity index (χ2v) is 3.08. The zero-order chi connectivity index (χ0) is 9.52. The second-order valence-electron chi connectivity index (χ2n) is 3.08. The number of nitrogens with zero attached hydrogens (tertiary/aromatic N) is 3. The van der Waals surface area contributed by atoms with Gasteiger partial charge in [0, 0.05) is 13.1 Å². The van der Waals surface area contributed by atoms with Crippen molar-refractivity contribution in [1.29, 1.82) is 0 Å². The molecule has 0 atom stereocenters. The molecular formula is C10H17N3. The molecule has 0 unspecified atom stereocenters. The molecule has 1 heterocycles. The Morgan fingerprint density at radius 1 is 1.08 bits per heavy atom. The average molecular weight is 179 g/mol. The van der Waals surface area contributed by atoms with E-state index in [-0.39, 0.29) is 0 Å². The maximum absolute atomic E-state index is 4.02. The van der Waals surface area contributed by atoms with Gasteiger partial charge in [-0.05, 0) is 12.8 Å². The summed E-state index contributed by atoms with van der Waals surface area (Å²) in [5, 5.41) is 0. The summed E-state index contributed by atoms with van der Waals surface area (Å²) in [4.78, 5) is 10.4.